The number of hydrogen-bond acceptors (Lipinski definition) is 3. The normalized spacial score (nSPS) is 21.9. The Morgan fingerprint density at radius 3 is 2.33 bits per heavy atom. The highest BCUT2D eigenvalue weighted by molar-refractivity contribution is 5.78. The highest BCUT2D eigenvalue weighted by Crippen LogP contribution is 2.29. The number of nitrogens with zero attached hydrogens (tertiary/aromatic N) is 1. The van der Waals surface area contributed by atoms with E-state index in [1.807, 2.05) is 36.4 Å². The molecule has 0 unspecified atom stereocenters. The molecule has 0 saturated heterocycles. The van der Waals surface area contributed by atoms with Gasteiger partial charge in [0.2, 0.25) is 0 Å². The van der Waals surface area contributed by atoms with Crippen LogP contribution in [0.1, 0.15) is 38.7 Å². The fourth-order valence-electron chi connectivity index (χ4n) is 3.66. The molecule has 27 heavy (non-hydrogen) atoms. The number of hydrogen-bond donors (Lipinski definition) is 1. The molecule has 0 radical (unpaired) electrons. The van der Waals surface area contributed by atoms with Crippen molar-refractivity contribution >= 4 is 5.91 Å². The summed E-state index contributed by atoms with van der Waals surface area (Å²) in [5, 5.41) is 12.0. The fourth-order valence-corrected chi connectivity index (χ4v) is 3.66. The Labute approximate surface area is 161 Å². The summed E-state index contributed by atoms with van der Waals surface area (Å²) in [6.07, 6.45) is 3.47. The molecule has 0 bridgehead atoms. The lowest BCUT2D eigenvalue weighted by Gasteiger charge is -2.34. The second-order valence-corrected chi connectivity index (χ2v) is 7.44. The van der Waals surface area contributed by atoms with E-state index in [1.165, 1.54) is 12.8 Å². The summed E-state index contributed by atoms with van der Waals surface area (Å²) < 4.78 is 5.64. The number of carbonyl (C=O) groups is 1. The van der Waals surface area contributed by atoms with Crippen molar-refractivity contribution in [3.63, 3.8) is 0 Å². The van der Waals surface area contributed by atoms with Crippen LogP contribution in [0.2, 0.25) is 0 Å². The monoisotopic (exact) mass is 362 g/mol. The zero-order valence-corrected chi connectivity index (χ0v) is 15.9. The summed E-state index contributed by atoms with van der Waals surface area (Å²) in [7, 11) is 0. The van der Waals surface area contributed by atoms with E-state index in [0.29, 0.717) is 23.1 Å². The van der Waals surface area contributed by atoms with Crippen molar-refractivity contribution in [2.24, 2.45) is 11.8 Å². The van der Waals surface area contributed by atoms with Crippen molar-refractivity contribution in [1.82, 2.24) is 5.32 Å². The lowest BCUT2D eigenvalue weighted by molar-refractivity contribution is -0.124. The number of carbonyl (C=O) groups excluding carboxylic acids is 1. The van der Waals surface area contributed by atoms with Gasteiger partial charge in [-0.2, -0.15) is 5.26 Å². The Bertz CT molecular complexity index is 806. The van der Waals surface area contributed by atoms with Crippen molar-refractivity contribution in [3.05, 3.63) is 54.1 Å². The average Bonchev–Trinajstić information content (AvgIpc) is 2.70. The molecule has 4 heteroatoms. The van der Waals surface area contributed by atoms with E-state index < -0.39 is 0 Å². The lowest BCUT2D eigenvalue weighted by atomic mass is 9.78. The van der Waals surface area contributed by atoms with Crippen LogP contribution in [0.25, 0.3) is 11.1 Å². The molecule has 1 fully saturated rings. The molecule has 3 rings (SSSR count). The van der Waals surface area contributed by atoms with Crippen molar-refractivity contribution in [2.75, 3.05) is 6.61 Å². The van der Waals surface area contributed by atoms with Crippen LogP contribution in [-0.4, -0.2) is 18.6 Å². The maximum absolute atomic E-state index is 12.2. The predicted octanol–water partition coefficient (Wildman–Crippen LogP) is 4.54. The second kappa shape index (κ2) is 8.73. The van der Waals surface area contributed by atoms with Gasteiger partial charge in [-0.1, -0.05) is 51.0 Å². The molecule has 2 aromatic rings. The highest BCUT2D eigenvalue weighted by atomic mass is 16.5. The van der Waals surface area contributed by atoms with Crippen LogP contribution in [-0.2, 0) is 4.79 Å². The minimum Gasteiger partial charge on any atom is -0.484 e. The third-order valence-electron chi connectivity index (χ3n) is 5.62. The van der Waals surface area contributed by atoms with E-state index in [-0.39, 0.29) is 18.6 Å². The van der Waals surface area contributed by atoms with E-state index in [2.05, 4.69) is 25.2 Å². The van der Waals surface area contributed by atoms with Crippen LogP contribution in [0.5, 0.6) is 5.75 Å². The van der Waals surface area contributed by atoms with Gasteiger partial charge in [0.1, 0.15) is 5.75 Å². The van der Waals surface area contributed by atoms with Gasteiger partial charge in [-0.05, 0) is 53.6 Å². The Hall–Kier alpha value is -2.80. The van der Waals surface area contributed by atoms with Crippen molar-refractivity contribution in [3.8, 4) is 22.9 Å². The maximum atomic E-state index is 12.2. The maximum Gasteiger partial charge on any atom is 0.258 e. The molecule has 4 nitrogen and oxygen atoms in total. The third kappa shape index (κ3) is 4.89. The van der Waals surface area contributed by atoms with E-state index in [4.69, 9.17) is 10.00 Å². The molecule has 1 amide bonds. The largest absolute Gasteiger partial charge is 0.484 e. The molecule has 3 atom stereocenters. The summed E-state index contributed by atoms with van der Waals surface area (Å²) in [6.45, 7) is 4.51. The standard InChI is InChI=1S/C23H26N2O2/c1-16-4-3-5-22(17(16)2)25-23(26)15-27-21-12-10-20(11-13-21)19-8-6-18(14-24)7-9-19/h6-13,16-17,22H,3-5,15H2,1-2H3,(H,25,26)/t16-,17+,22+/m0/s1. The molecule has 1 aliphatic carbocycles. The second-order valence-electron chi connectivity index (χ2n) is 7.44. The third-order valence-corrected chi connectivity index (χ3v) is 5.62. The first-order valence-electron chi connectivity index (χ1n) is 9.59. The van der Waals surface area contributed by atoms with Crippen LogP contribution >= 0.6 is 0 Å². The van der Waals surface area contributed by atoms with E-state index in [1.54, 1.807) is 12.1 Å². The number of ether oxygens (including phenoxy) is 1. The smallest absolute Gasteiger partial charge is 0.258 e. The van der Waals surface area contributed by atoms with Crippen LogP contribution in [0.15, 0.2) is 48.5 Å². The Balaban J connectivity index is 1.52. The van der Waals surface area contributed by atoms with Crippen LogP contribution in [0, 0.1) is 23.2 Å². The van der Waals surface area contributed by atoms with Crippen molar-refractivity contribution in [1.29, 1.82) is 5.26 Å². The zero-order chi connectivity index (χ0) is 19.2. The van der Waals surface area contributed by atoms with Gasteiger partial charge in [0.05, 0.1) is 11.6 Å². The topological polar surface area (TPSA) is 62.1 Å². The average molecular weight is 362 g/mol. The minimum atomic E-state index is -0.0582. The van der Waals surface area contributed by atoms with E-state index in [9.17, 15) is 4.79 Å². The van der Waals surface area contributed by atoms with Gasteiger partial charge >= 0.3 is 0 Å². The molecule has 0 aliphatic heterocycles. The number of rotatable bonds is 5. The first kappa shape index (κ1) is 19.0. The summed E-state index contributed by atoms with van der Waals surface area (Å²) in [5.41, 5.74) is 2.73. The molecule has 1 saturated carbocycles. The van der Waals surface area contributed by atoms with Crippen molar-refractivity contribution < 1.29 is 9.53 Å². The van der Waals surface area contributed by atoms with Gasteiger partial charge in [-0.3, -0.25) is 4.79 Å². The Morgan fingerprint density at radius 1 is 1.07 bits per heavy atom. The number of nitriles is 1. The van der Waals surface area contributed by atoms with Crippen LogP contribution < -0.4 is 10.1 Å². The summed E-state index contributed by atoms with van der Waals surface area (Å²) in [4.78, 5) is 12.2. The Kier molecular flexibility index (Phi) is 6.13. The molecular weight excluding hydrogens is 336 g/mol. The summed E-state index contributed by atoms with van der Waals surface area (Å²) in [6, 6.07) is 17.5. The first-order valence-corrected chi connectivity index (χ1v) is 9.59. The molecule has 2 aromatic carbocycles. The molecule has 1 aliphatic rings. The quantitative estimate of drug-likeness (QED) is 0.849. The van der Waals surface area contributed by atoms with Crippen LogP contribution in [0.3, 0.4) is 0 Å². The summed E-state index contributed by atoms with van der Waals surface area (Å²) >= 11 is 0. The van der Waals surface area contributed by atoms with E-state index in [0.717, 1.165) is 17.5 Å². The van der Waals surface area contributed by atoms with Gasteiger partial charge in [0.25, 0.3) is 5.91 Å². The van der Waals surface area contributed by atoms with E-state index >= 15 is 0 Å². The van der Waals surface area contributed by atoms with Crippen molar-refractivity contribution in [2.45, 2.75) is 39.2 Å². The van der Waals surface area contributed by atoms with Gasteiger partial charge in [0, 0.05) is 6.04 Å². The zero-order valence-electron chi connectivity index (χ0n) is 15.9. The number of nitrogens with one attached hydrogen (secondary N) is 1. The van der Waals surface area contributed by atoms with Crippen LogP contribution in [0.4, 0.5) is 0 Å². The highest BCUT2D eigenvalue weighted by Gasteiger charge is 2.28. The molecular formula is C23H26N2O2. The van der Waals surface area contributed by atoms with Gasteiger partial charge in [-0.15, -0.1) is 0 Å². The molecule has 0 heterocycles. The molecule has 1 N–H and O–H groups in total. The molecule has 140 valence electrons. The number of amides is 1. The minimum absolute atomic E-state index is 0.0355. The lowest BCUT2D eigenvalue weighted by Crippen LogP contribution is -2.45. The van der Waals surface area contributed by atoms with Gasteiger partial charge in [-0.25, -0.2) is 0 Å². The predicted molar refractivity (Wildman–Crippen MR) is 106 cm³/mol. The number of benzene rings is 2. The first-order chi connectivity index (χ1) is 13.1. The van der Waals surface area contributed by atoms with Gasteiger partial charge < -0.3 is 10.1 Å². The fraction of sp³-hybridized carbons (Fsp3) is 0.391. The molecule has 0 spiro atoms. The summed E-state index contributed by atoms with van der Waals surface area (Å²) in [5.74, 6) is 1.78. The van der Waals surface area contributed by atoms with Gasteiger partial charge in [0.15, 0.2) is 6.61 Å². The molecule has 0 aromatic heterocycles. The SMILES string of the molecule is C[C@@H]1[C@@H](C)CCC[C@H]1NC(=O)COc1ccc(-c2ccc(C#N)cc2)cc1. The Morgan fingerprint density at radius 2 is 1.70 bits per heavy atom.